The SMILES string of the molecule is CCCCCCCCC/C=C/CC/C=C/[C@@H](O)[C@H](CO[C@@H]1O[C@H](CO)[C@@H](O)C(O)C1O)NC(=O)CCCCCCCCCCCCC. The standard InChI is InChI=1S/C38H71NO8/c1-3-5-7-9-11-13-15-16-18-19-21-23-25-27-32(41)31(30-46-38-37(45)36(44)35(43)33(29-40)47-38)39-34(42)28-26-24-22-20-17-14-12-10-8-6-4-2/h18-19,25,27,31-33,35-38,40-41,43-45H,3-17,20-24,26,28-30H2,1-2H3,(H,39,42)/b19-18+,27-25+/t31-,32+,33+,35+,36?,37?,38+/m0/s1. The van der Waals surface area contributed by atoms with Gasteiger partial charge < -0.3 is 40.3 Å². The van der Waals surface area contributed by atoms with Crippen molar-refractivity contribution in [1.29, 1.82) is 0 Å². The Hall–Kier alpha value is -1.33. The molecule has 0 aromatic carbocycles. The normalized spacial score (nSPS) is 23.1. The quantitative estimate of drug-likeness (QED) is 0.0381. The number of hydrogen-bond acceptors (Lipinski definition) is 8. The molecule has 0 radical (unpaired) electrons. The summed E-state index contributed by atoms with van der Waals surface area (Å²) in [5.41, 5.74) is 0. The Morgan fingerprint density at radius 3 is 1.79 bits per heavy atom. The van der Waals surface area contributed by atoms with Gasteiger partial charge in [0.1, 0.15) is 24.4 Å². The first-order valence-corrected chi connectivity index (χ1v) is 19.1. The van der Waals surface area contributed by atoms with E-state index in [9.17, 15) is 30.3 Å². The van der Waals surface area contributed by atoms with Gasteiger partial charge in [0, 0.05) is 6.42 Å². The van der Waals surface area contributed by atoms with Crippen molar-refractivity contribution in [2.45, 2.75) is 198 Å². The number of hydrogen-bond donors (Lipinski definition) is 6. The molecule has 0 saturated carbocycles. The van der Waals surface area contributed by atoms with Crippen LogP contribution >= 0.6 is 0 Å². The predicted octanol–water partition coefficient (Wildman–Crippen LogP) is 6.38. The largest absolute Gasteiger partial charge is 0.394 e. The molecule has 0 aromatic heterocycles. The highest BCUT2D eigenvalue weighted by Crippen LogP contribution is 2.22. The molecule has 1 amide bonds. The maximum atomic E-state index is 12.8. The number of carbonyl (C=O) groups is 1. The second-order valence-corrected chi connectivity index (χ2v) is 13.4. The molecule has 2 unspecified atom stereocenters. The molecule has 0 aliphatic carbocycles. The van der Waals surface area contributed by atoms with E-state index in [4.69, 9.17) is 9.47 Å². The summed E-state index contributed by atoms with van der Waals surface area (Å²) in [6.45, 7) is 3.70. The Kier molecular flexibility index (Phi) is 27.5. The van der Waals surface area contributed by atoms with Crippen LogP contribution < -0.4 is 5.32 Å². The van der Waals surface area contributed by atoms with Gasteiger partial charge in [-0.3, -0.25) is 4.79 Å². The van der Waals surface area contributed by atoms with Crippen molar-refractivity contribution >= 4 is 5.91 Å². The van der Waals surface area contributed by atoms with E-state index in [0.29, 0.717) is 6.42 Å². The van der Waals surface area contributed by atoms with Crippen LogP contribution in [-0.2, 0) is 14.3 Å². The molecule has 47 heavy (non-hydrogen) atoms. The van der Waals surface area contributed by atoms with E-state index >= 15 is 0 Å². The summed E-state index contributed by atoms with van der Waals surface area (Å²) in [4.78, 5) is 12.8. The molecule has 1 aliphatic rings. The molecule has 0 aromatic rings. The van der Waals surface area contributed by atoms with Crippen LogP contribution in [0.2, 0.25) is 0 Å². The number of rotatable bonds is 30. The summed E-state index contributed by atoms with van der Waals surface area (Å²) in [6.07, 6.45) is 25.1. The monoisotopic (exact) mass is 670 g/mol. The highest BCUT2D eigenvalue weighted by molar-refractivity contribution is 5.76. The Labute approximate surface area is 286 Å². The maximum Gasteiger partial charge on any atom is 0.220 e. The molecule has 7 atom stereocenters. The van der Waals surface area contributed by atoms with Crippen molar-refractivity contribution in [2.75, 3.05) is 13.2 Å². The number of nitrogens with one attached hydrogen (secondary N) is 1. The molecule has 0 spiro atoms. The molecule has 9 nitrogen and oxygen atoms in total. The molecule has 1 rings (SSSR count). The predicted molar refractivity (Wildman–Crippen MR) is 189 cm³/mol. The van der Waals surface area contributed by atoms with Gasteiger partial charge in [0.25, 0.3) is 0 Å². The van der Waals surface area contributed by atoms with Crippen LogP contribution in [0.3, 0.4) is 0 Å². The Morgan fingerprint density at radius 2 is 1.21 bits per heavy atom. The average molecular weight is 670 g/mol. The molecular weight excluding hydrogens is 598 g/mol. The van der Waals surface area contributed by atoms with E-state index in [2.05, 4.69) is 31.3 Å². The number of carbonyl (C=O) groups excluding carboxylic acids is 1. The summed E-state index contributed by atoms with van der Waals surface area (Å²) < 4.78 is 11.1. The molecule has 6 N–H and O–H groups in total. The maximum absolute atomic E-state index is 12.8. The zero-order valence-corrected chi connectivity index (χ0v) is 29.8. The van der Waals surface area contributed by atoms with E-state index in [1.807, 2.05) is 6.08 Å². The summed E-state index contributed by atoms with van der Waals surface area (Å²) in [5.74, 6) is -0.191. The van der Waals surface area contributed by atoms with Gasteiger partial charge in [-0.25, -0.2) is 0 Å². The third kappa shape index (κ3) is 21.4. The second-order valence-electron chi connectivity index (χ2n) is 13.4. The van der Waals surface area contributed by atoms with Gasteiger partial charge in [0.2, 0.25) is 5.91 Å². The lowest BCUT2D eigenvalue weighted by Gasteiger charge is -2.40. The summed E-state index contributed by atoms with van der Waals surface area (Å²) in [6, 6.07) is -0.813. The molecule has 9 heteroatoms. The molecule has 1 fully saturated rings. The Morgan fingerprint density at radius 1 is 0.702 bits per heavy atom. The minimum Gasteiger partial charge on any atom is -0.394 e. The fraction of sp³-hybridized carbons (Fsp3) is 0.868. The highest BCUT2D eigenvalue weighted by Gasteiger charge is 2.44. The zero-order valence-electron chi connectivity index (χ0n) is 29.8. The van der Waals surface area contributed by atoms with Crippen LogP contribution in [0.25, 0.3) is 0 Å². The number of aliphatic hydroxyl groups excluding tert-OH is 5. The van der Waals surface area contributed by atoms with Gasteiger partial charge in [-0.15, -0.1) is 0 Å². The average Bonchev–Trinajstić information content (AvgIpc) is 3.07. The highest BCUT2D eigenvalue weighted by atomic mass is 16.7. The van der Waals surface area contributed by atoms with Gasteiger partial charge in [-0.1, -0.05) is 141 Å². The van der Waals surface area contributed by atoms with E-state index in [1.54, 1.807) is 6.08 Å². The van der Waals surface area contributed by atoms with Crippen molar-refractivity contribution < 1.29 is 39.8 Å². The Bertz CT molecular complexity index is 792. The van der Waals surface area contributed by atoms with E-state index in [-0.39, 0.29) is 12.5 Å². The number of unbranched alkanes of at least 4 members (excludes halogenated alkanes) is 18. The Balaban J connectivity index is 2.50. The lowest BCUT2D eigenvalue weighted by Crippen LogP contribution is -2.60. The number of amides is 1. The van der Waals surface area contributed by atoms with Gasteiger partial charge in [-0.2, -0.15) is 0 Å². The summed E-state index contributed by atoms with van der Waals surface area (Å²) in [7, 11) is 0. The minimum absolute atomic E-state index is 0.191. The van der Waals surface area contributed by atoms with E-state index in [1.165, 1.54) is 96.3 Å². The zero-order chi connectivity index (χ0) is 34.5. The lowest BCUT2D eigenvalue weighted by molar-refractivity contribution is -0.302. The molecule has 276 valence electrons. The van der Waals surface area contributed by atoms with Crippen LogP contribution in [0.15, 0.2) is 24.3 Å². The van der Waals surface area contributed by atoms with Crippen LogP contribution in [0.4, 0.5) is 0 Å². The molecule has 1 saturated heterocycles. The van der Waals surface area contributed by atoms with Gasteiger partial charge >= 0.3 is 0 Å². The molecule has 0 bridgehead atoms. The van der Waals surface area contributed by atoms with E-state index in [0.717, 1.165) is 38.5 Å². The van der Waals surface area contributed by atoms with Crippen LogP contribution in [0.5, 0.6) is 0 Å². The number of ether oxygens (including phenoxy) is 2. The second kappa shape index (κ2) is 29.6. The third-order valence-corrected chi connectivity index (χ3v) is 9.03. The van der Waals surface area contributed by atoms with Crippen molar-refractivity contribution in [3.05, 3.63) is 24.3 Å². The van der Waals surface area contributed by atoms with Crippen LogP contribution in [0.1, 0.15) is 155 Å². The molecule has 1 heterocycles. The van der Waals surface area contributed by atoms with Crippen molar-refractivity contribution in [2.24, 2.45) is 0 Å². The fourth-order valence-corrected chi connectivity index (χ4v) is 5.88. The molecule has 1 aliphatic heterocycles. The number of allylic oxidation sites excluding steroid dienone is 3. The van der Waals surface area contributed by atoms with E-state index < -0.39 is 49.5 Å². The minimum atomic E-state index is -1.57. The topological polar surface area (TPSA) is 149 Å². The van der Waals surface area contributed by atoms with Crippen LogP contribution in [0, 0.1) is 0 Å². The van der Waals surface area contributed by atoms with Crippen molar-refractivity contribution in [1.82, 2.24) is 5.32 Å². The third-order valence-electron chi connectivity index (χ3n) is 9.03. The fourth-order valence-electron chi connectivity index (χ4n) is 5.88. The summed E-state index contributed by atoms with van der Waals surface area (Å²) in [5, 5.41) is 53.8. The van der Waals surface area contributed by atoms with Gasteiger partial charge in [0.05, 0.1) is 25.4 Å². The smallest absolute Gasteiger partial charge is 0.220 e. The van der Waals surface area contributed by atoms with Gasteiger partial charge in [0.15, 0.2) is 6.29 Å². The first-order valence-electron chi connectivity index (χ1n) is 19.1. The summed E-state index contributed by atoms with van der Waals surface area (Å²) >= 11 is 0. The molecular formula is C38H71NO8. The van der Waals surface area contributed by atoms with Gasteiger partial charge in [-0.05, 0) is 32.1 Å². The number of aliphatic hydroxyl groups is 5. The van der Waals surface area contributed by atoms with Crippen molar-refractivity contribution in [3.63, 3.8) is 0 Å². The van der Waals surface area contributed by atoms with Crippen LogP contribution in [-0.4, -0.2) is 87.5 Å². The first kappa shape index (κ1) is 43.7. The van der Waals surface area contributed by atoms with Crippen molar-refractivity contribution in [3.8, 4) is 0 Å². The lowest BCUT2D eigenvalue weighted by atomic mass is 9.99. The first-order chi connectivity index (χ1) is 22.8.